The van der Waals surface area contributed by atoms with Crippen molar-refractivity contribution in [1.29, 1.82) is 0 Å². The molecule has 8 heteroatoms. The molecule has 2 aromatic rings. The first-order chi connectivity index (χ1) is 17.4. The van der Waals surface area contributed by atoms with Gasteiger partial charge in [-0.3, -0.25) is 9.80 Å². The summed E-state index contributed by atoms with van der Waals surface area (Å²) in [6.45, 7) is 6.86. The Bertz CT molecular complexity index is 1010. The minimum Gasteiger partial charge on any atom is -0.493 e. The van der Waals surface area contributed by atoms with Crippen molar-refractivity contribution in [3.8, 4) is 11.5 Å². The monoisotopic (exact) mass is 498 g/mol. The Hall–Kier alpha value is -3.42. The Kier molecular flexibility index (Phi) is 9.85. The van der Waals surface area contributed by atoms with Gasteiger partial charge in [0.25, 0.3) is 0 Å². The minimum atomic E-state index is -0.408. The van der Waals surface area contributed by atoms with E-state index in [2.05, 4.69) is 6.92 Å². The van der Waals surface area contributed by atoms with Gasteiger partial charge in [0.05, 0.1) is 39.2 Å². The number of carbonyl (C=O) groups excluding carboxylic acids is 2. The van der Waals surface area contributed by atoms with Gasteiger partial charge < -0.3 is 18.9 Å². The number of rotatable bonds is 10. The molecule has 1 aliphatic heterocycles. The van der Waals surface area contributed by atoms with Crippen molar-refractivity contribution in [3.63, 3.8) is 0 Å². The average Bonchev–Trinajstić information content (AvgIpc) is 2.89. The molecule has 0 saturated carbocycles. The van der Waals surface area contributed by atoms with Gasteiger partial charge in [-0.15, -0.1) is 0 Å². The highest BCUT2D eigenvalue weighted by Gasteiger charge is 2.40. The van der Waals surface area contributed by atoms with Gasteiger partial charge in [0.2, 0.25) is 0 Å². The standard InChI is InChI=1S/C28H38N2O6/c1-6-8-12-15-36-28(32)30-20(3)16-23(22-17-25(33-4)26(34-5)18-24(22)30)29(27(31)35-7-2)19-21-13-10-9-11-14-21/h9-11,13-14,17-18,20,23H,6-8,12,15-16,19H2,1-5H3/t20-,23+/m1/s1. The van der Waals surface area contributed by atoms with Crippen molar-refractivity contribution in [1.82, 2.24) is 4.90 Å². The lowest BCUT2D eigenvalue weighted by molar-refractivity contribution is 0.0808. The quantitative estimate of drug-likeness (QED) is 0.356. The average molecular weight is 499 g/mol. The van der Waals surface area contributed by atoms with E-state index < -0.39 is 12.2 Å². The molecular formula is C28H38N2O6. The van der Waals surface area contributed by atoms with Crippen LogP contribution in [0.15, 0.2) is 42.5 Å². The van der Waals surface area contributed by atoms with Gasteiger partial charge in [0.1, 0.15) is 0 Å². The van der Waals surface area contributed by atoms with E-state index in [1.807, 2.05) is 43.3 Å². The third-order valence-corrected chi connectivity index (χ3v) is 6.40. The molecule has 0 fully saturated rings. The van der Waals surface area contributed by atoms with E-state index >= 15 is 0 Å². The molecule has 2 atom stereocenters. The minimum absolute atomic E-state index is 0.230. The second-order valence-corrected chi connectivity index (χ2v) is 8.87. The fourth-order valence-electron chi connectivity index (χ4n) is 4.60. The van der Waals surface area contributed by atoms with E-state index in [9.17, 15) is 9.59 Å². The molecule has 0 unspecified atom stereocenters. The van der Waals surface area contributed by atoms with E-state index in [1.54, 1.807) is 37.0 Å². The Morgan fingerprint density at radius 1 is 1.00 bits per heavy atom. The third-order valence-electron chi connectivity index (χ3n) is 6.40. The van der Waals surface area contributed by atoms with Gasteiger partial charge in [0.15, 0.2) is 11.5 Å². The summed E-state index contributed by atoms with van der Waals surface area (Å²) < 4.78 is 22.2. The number of carbonyl (C=O) groups is 2. The lowest BCUT2D eigenvalue weighted by Gasteiger charge is -2.42. The molecule has 0 spiro atoms. The molecule has 2 aromatic carbocycles. The molecule has 36 heavy (non-hydrogen) atoms. The van der Waals surface area contributed by atoms with Crippen molar-refractivity contribution in [2.75, 3.05) is 32.3 Å². The van der Waals surface area contributed by atoms with Crippen LogP contribution in [0.1, 0.15) is 63.6 Å². The molecule has 1 aliphatic rings. The van der Waals surface area contributed by atoms with E-state index in [0.717, 1.165) is 30.4 Å². The summed E-state index contributed by atoms with van der Waals surface area (Å²) in [7, 11) is 3.12. The molecule has 0 aliphatic carbocycles. The first kappa shape index (κ1) is 27.2. The van der Waals surface area contributed by atoms with Gasteiger partial charge >= 0.3 is 12.2 Å². The van der Waals surface area contributed by atoms with Crippen LogP contribution < -0.4 is 14.4 Å². The second-order valence-electron chi connectivity index (χ2n) is 8.87. The number of fused-ring (bicyclic) bond motifs is 1. The first-order valence-electron chi connectivity index (χ1n) is 12.6. The number of anilines is 1. The number of nitrogens with zero attached hydrogens (tertiary/aromatic N) is 2. The Morgan fingerprint density at radius 3 is 2.33 bits per heavy atom. The number of benzene rings is 2. The van der Waals surface area contributed by atoms with Crippen molar-refractivity contribution >= 4 is 17.9 Å². The molecule has 1 heterocycles. The molecule has 0 radical (unpaired) electrons. The molecule has 2 amide bonds. The summed E-state index contributed by atoms with van der Waals surface area (Å²) >= 11 is 0. The van der Waals surface area contributed by atoms with E-state index in [1.165, 1.54) is 0 Å². The molecule has 0 N–H and O–H groups in total. The van der Waals surface area contributed by atoms with Crippen LogP contribution in [0.2, 0.25) is 0 Å². The maximum atomic E-state index is 13.2. The van der Waals surface area contributed by atoms with Crippen molar-refractivity contribution in [2.24, 2.45) is 0 Å². The third kappa shape index (κ3) is 6.22. The predicted octanol–water partition coefficient (Wildman–Crippen LogP) is 6.33. The fraction of sp³-hybridized carbons (Fsp3) is 0.500. The summed E-state index contributed by atoms with van der Waals surface area (Å²) in [4.78, 5) is 29.8. The first-order valence-corrected chi connectivity index (χ1v) is 12.6. The second kappa shape index (κ2) is 13.0. The van der Waals surface area contributed by atoms with Crippen molar-refractivity contribution in [3.05, 3.63) is 53.6 Å². The van der Waals surface area contributed by atoms with Gasteiger partial charge in [-0.25, -0.2) is 9.59 Å². The van der Waals surface area contributed by atoms with Crippen LogP contribution in [0.3, 0.4) is 0 Å². The normalized spacial score (nSPS) is 16.6. The van der Waals surface area contributed by atoms with Crippen LogP contribution in [0, 0.1) is 0 Å². The van der Waals surface area contributed by atoms with Crippen LogP contribution in [-0.2, 0) is 16.0 Å². The smallest absolute Gasteiger partial charge is 0.414 e. The van der Waals surface area contributed by atoms with Crippen LogP contribution in [0.25, 0.3) is 0 Å². The predicted molar refractivity (Wildman–Crippen MR) is 139 cm³/mol. The number of hydrogen-bond donors (Lipinski definition) is 0. The Balaban J connectivity index is 2.05. The number of methoxy groups -OCH3 is 2. The van der Waals surface area contributed by atoms with Crippen LogP contribution in [-0.4, -0.2) is 50.6 Å². The highest BCUT2D eigenvalue weighted by molar-refractivity contribution is 5.91. The number of amides is 2. The number of unbranched alkanes of at least 4 members (excludes halogenated alkanes) is 2. The Morgan fingerprint density at radius 2 is 1.69 bits per heavy atom. The van der Waals surface area contributed by atoms with Crippen LogP contribution in [0.5, 0.6) is 11.5 Å². The zero-order valence-electron chi connectivity index (χ0n) is 22.0. The van der Waals surface area contributed by atoms with Crippen LogP contribution in [0.4, 0.5) is 15.3 Å². The summed E-state index contributed by atoms with van der Waals surface area (Å²) in [5.41, 5.74) is 2.40. The largest absolute Gasteiger partial charge is 0.493 e. The van der Waals surface area contributed by atoms with Gasteiger partial charge in [-0.05, 0) is 38.3 Å². The summed E-state index contributed by atoms with van der Waals surface area (Å²) in [6, 6.07) is 12.8. The van der Waals surface area contributed by atoms with Gasteiger partial charge in [-0.2, -0.15) is 0 Å². The molecule has 196 valence electrons. The molecule has 0 bridgehead atoms. The van der Waals surface area contributed by atoms with E-state index in [4.69, 9.17) is 18.9 Å². The summed E-state index contributed by atoms with van der Waals surface area (Å²) in [5, 5.41) is 0. The maximum absolute atomic E-state index is 13.2. The molecular weight excluding hydrogens is 460 g/mol. The molecule has 0 saturated heterocycles. The lowest BCUT2D eigenvalue weighted by atomic mass is 9.90. The maximum Gasteiger partial charge on any atom is 0.414 e. The highest BCUT2D eigenvalue weighted by atomic mass is 16.6. The summed E-state index contributed by atoms with van der Waals surface area (Å²) in [6.07, 6.45) is 2.56. The Labute approximate surface area is 214 Å². The fourth-order valence-corrected chi connectivity index (χ4v) is 4.60. The van der Waals surface area contributed by atoms with Gasteiger partial charge in [0, 0.05) is 24.2 Å². The zero-order valence-corrected chi connectivity index (χ0v) is 22.0. The van der Waals surface area contributed by atoms with E-state index in [0.29, 0.717) is 36.8 Å². The van der Waals surface area contributed by atoms with E-state index in [-0.39, 0.29) is 18.7 Å². The summed E-state index contributed by atoms with van der Waals surface area (Å²) in [5.74, 6) is 1.02. The molecule has 8 nitrogen and oxygen atoms in total. The molecule has 0 aromatic heterocycles. The number of ether oxygens (including phenoxy) is 4. The lowest BCUT2D eigenvalue weighted by Crippen LogP contribution is -2.47. The topological polar surface area (TPSA) is 77.5 Å². The van der Waals surface area contributed by atoms with Crippen molar-refractivity contribution < 1.29 is 28.5 Å². The van der Waals surface area contributed by atoms with Gasteiger partial charge in [-0.1, -0.05) is 50.1 Å². The highest BCUT2D eigenvalue weighted by Crippen LogP contribution is 2.46. The zero-order chi connectivity index (χ0) is 26.1. The number of hydrogen-bond acceptors (Lipinski definition) is 6. The van der Waals surface area contributed by atoms with Crippen LogP contribution >= 0.6 is 0 Å². The van der Waals surface area contributed by atoms with Crippen molar-refractivity contribution in [2.45, 2.75) is 65.1 Å². The SMILES string of the molecule is CCCCCOC(=O)N1c2cc(OC)c(OC)cc2[C@@H](N(Cc2ccccc2)C(=O)OCC)C[C@H]1C. The molecule has 3 rings (SSSR count).